The number of halogens is 2. The summed E-state index contributed by atoms with van der Waals surface area (Å²) in [6.07, 6.45) is 0. The van der Waals surface area contributed by atoms with Gasteiger partial charge in [-0.3, -0.25) is 4.79 Å². The first-order valence-electron chi connectivity index (χ1n) is 8.54. The Morgan fingerprint density at radius 2 is 1.86 bits per heavy atom. The van der Waals surface area contributed by atoms with Crippen molar-refractivity contribution in [3.8, 4) is 11.5 Å². The lowest BCUT2D eigenvalue weighted by molar-refractivity contribution is 0.0529. The van der Waals surface area contributed by atoms with Gasteiger partial charge < -0.3 is 19.9 Å². The topological polar surface area (TPSA) is 87.8 Å². The third-order valence-electron chi connectivity index (χ3n) is 4.10. The lowest BCUT2D eigenvalue weighted by Crippen LogP contribution is -2.13. The molecule has 0 radical (unpaired) electrons. The van der Waals surface area contributed by atoms with Crippen LogP contribution in [-0.2, 0) is 11.3 Å². The zero-order valence-corrected chi connectivity index (χ0v) is 16.4. The minimum absolute atomic E-state index is 0.169. The summed E-state index contributed by atoms with van der Waals surface area (Å²) in [6.45, 7) is 1.52. The molecule has 1 heterocycles. The van der Waals surface area contributed by atoms with E-state index in [1.807, 2.05) is 0 Å². The molecular formula is C20H17F2NO5S. The summed E-state index contributed by atoms with van der Waals surface area (Å²) in [5, 5.41) is 0.595. The number of ether oxygens (including phenoxy) is 3. The van der Waals surface area contributed by atoms with Crippen LogP contribution in [-0.4, -0.2) is 25.6 Å². The van der Waals surface area contributed by atoms with E-state index in [1.54, 1.807) is 25.1 Å². The van der Waals surface area contributed by atoms with Crippen LogP contribution in [0.2, 0.25) is 0 Å². The quantitative estimate of drug-likeness (QED) is 0.582. The first-order chi connectivity index (χ1) is 13.9. The maximum atomic E-state index is 14.3. The molecule has 9 heteroatoms. The van der Waals surface area contributed by atoms with Crippen LogP contribution in [0.25, 0.3) is 10.1 Å². The highest BCUT2D eigenvalue weighted by molar-refractivity contribution is 7.21. The van der Waals surface area contributed by atoms with E-state index in [0.29, 0.717) is 16.7 Å². The number of methoxy groups -OCH3 is 1. The van der Waals surface area contributed by atoms with Crippen LogP contribution in [0, 0.1) is 11.6 Å². The largest absolute Gasteiger partial charge is 0.496 e. The molecule has 3 rings (SSSR count). The molecule has 0 aliphatic heterocycles. The second kappa shape index (κ2) is 8.44. The van der Waals surface area contributed by atoms with E-state index in [2.05, 4.69) is 0 Å². The van der Waals surface area contributed by atoms with Crippen molar-refractivity contribution in [2.24, 2.45) is 5.73 Å². The van der Waals surface area contributed by atoms with Gasteiger partial charge in [-0.05, 0) is 31.2 Å². The summed E-state index contributed by atoms with van der Waals surface area (Å²) in [5.74, 6) is -3.89. The SMILES string of the molecule is CCOC(=O)c1sc2cccc(OC)c2c1COc1c(F)cc(C(N)=O)cc1F. The van der Waals surface area contributed by atoms with E-state index in [0.717, 1.165) is 16.8 Å². The number of amides is 1. The van der Waals surface area contributed by atoms with E-state index in [-0.39, 0.29) is 23.7 Å². The van der Waals surface area contributed by atoms with Gasteiger partial charge in [0.15, 0.2) is 17.4 Å². The normalized spacial score (nSPS) is 10.8. The Morgan fingerprint density at radius 3 is 2.45 bits per heavy atom. The molecule has 1 amide bonds. The van der Waals surface area contributed by atoms with Crippen molar-refractivity contribution in [1.29, 1.82) is 0 Å². The van der Waals surface area contributed by atoms with E-state index >= 15 is 0 Å². The van der Waals surface area contributed by atoms with Crippen LogP contribution in [0.15, 0.2) is 30.3 Å². The van der Waals surface area contributed by atoms with Crippen LogP contribution in [0.5, 0.6) is 11.5 Å². The molecule has 0 atom stereocenters. The second-order valence-electron chi connectivity index (χ2n) is 5.89. The summed E-state index contributed by atoms with van der Waals surface area (Å²) in [6, 6.07) is 6.84. The van der Waals surface area contributed by atoms with E-state index in [9.17, 15) is 18.4 Å². The standard InChI is InChI=1S/C20H17F2NO5S/c1-3-27-20(25)18-11(16-14(26-2)5-4-6-15(16)29-18)9-28-17-12(21)7-10(19(23)24)8-13(17)22/h4-8H,3,9H2,1-2H3,(H2,23,24). The minimum atomic E-state index is -1.08. The number of carbonyl (C=O) groups excluding carboxylic acids is 2. The van der Waals surface area contributed by atoms with E-state index in [4.69, 9.17) is 19.9 Å². The number of thiophene rings is 1. The molecule has 29 heavy (non-hydrogen) atoms. The Labute approximate surface area is 168 Å². The molecule has 152 valence electrons. The fourth-order valence-corrected chi connectivity index (χ4v) is 3.95. The van der Waals surface area contributed by atoms with Gasteiger partial charge in [-0.25, -0.2) is 13.6 Å². The minimum Gasteiger partial charge on any atom is -0.496 e. The Bertz CT molecular complexity index is 1070. The molecular weight excluding hydrogens is 404 g/mol. The highest BCUT2D eigenvalue weighted by Crippen LogP contribution is 2.39. The zero-order valence-electron chi connectivity index (χ0n) is 15.6. The van der Waals surface area contributed by atoms with Gasteiger partial charge in [-0.1, -0.05) is 6.07 Å². The highest BCUT2D eigenvalue weighted by Gasteiger charge is 2.24. The lowest BCUT2D eigenvalue weighted by atomic mass is 10.1. The first-order valence-corrected chi connectivity index (χ1v) is 9.36. The molecule has 2 N–H and O–H groups in total. The molecule has 1 aromatic heterocycles. The van der Waals surface area contributed by atoms with Crippen molar-refractivity contribution in [2.75, 3.05) is 13.7 Å². The summed E-state index contributed by atoms with van der Waals surface area (Å²) in [7, 11) is 1.48. The molecule has 2 aromatic carbocycles. The van der Waals surface area contributed by atoms with Crippen molar-refractivity contribution >= 4 is 33.3 Å². The summed E-state index contributed by atoms with van der Waals surface area (Å²) in [4.78, 5) is 23.8. The molecule has 0 spiro atoms. The number of hydrogen-bond donors (Lipinski definition) is 1. The Morgan fingerprint density at radius 1 is 1.17 bits per heavy atom. The van der Waals surface area contributed by atoms with Gasteiger partial charge in [0.1, 0.15) is 17.2 Å². The maximum absolute atomic E-state index is 14.3. The molecule has 0 bridgehead atoms. The van der Waals surface area contributed by atoms with Gasteiger partial charge in [0.05, 0.1) is 13.7 Å². The Kier molecular flexibility index (Phi) is 5.97. The van der Waals surface area contributed by atoms with Crippen molar-refractivity contribution in [3.63, 3.8) is 0 Å². The smallest absolute Gasteiger partial charge is 0.348 e. The Balaban J connectivity index is 2.04. The van der Waals surface area contributed by atoms with Crippen LogP contribution in [0.3, 0.4) is 0 Å². The van der Waals surface area contributed by atoms with Gasteiger partial charge >= 0.3 is 5.97 Å². The Hall–Kier alpha value is -3.20. The summed E-state index contributed by atoms with van der Waals surface area (Å²) in [5.41, 5.74) is 5.12. The lowest BCUT2D eigenvalue weighted by Gasteiger charge is -2.11. The third-order valence-corrected chi connectivity index (χ3v) is 5.28. The van der Waals surface area contributed by atoms with Crippen molar-refractivity contribution in [3.05, 3.63) is 58.0 Å². The third kappa shape index (κ3) is 4.00. The van der Waals surface area contributed by atoms with E-state index < -0.39 is 29.3 Å². The van der Waals surface area contributed by atoms with Crippen molar-refractivity contribution in [2.45, 2.75) is 13.5 Å². The highest BCUT2D eigenvalue weighted by atomic mass is 32.1. The predicted molar refractivity (Wildman–Crippen MR) is 104 cm³/mol. The van der Waals surface area contributed by atoms with Crippen LogP contribution >= 0.6 is 11.3 Å². The number of benzene rings is 2. The molecule has 0 unspecified atom stereocenters. The van der Waals surface area contributed by atoms with Gasteiger partial charge in [0, 0.05) is 21.2 Å². The molecule has 6 nitrogen and oxygen atoms in total. The van der Waals surface area contributed by atoms with Crippen LogP contribution < -0.4 is 15.2 Å². The average molecular weight is 421 g/mol. The first kappa shape index (κ1) is 20.5. The fourth-order valence-electron chi connectivity index (χ4n) is 2.83. The molecule has 3 aromatic rings. The molecule has 0 fully saturated rings. The number of nitrogens with two attached hydrogens (primary N) is 1. The monoisotopic (exact) mass is 421 g/mol. The second-order valence-corrected chi connectivity index (χ2v) is 6.94. The van der Waals surface area contributed by atoms with Crippen LogP contribution in [0.4, 0.5) is 8.78 Å². The van der Waals surface area contributed by atoms with Crippen molar-refractivity contribution in [1.82, 2.24) is 0 Å². The predicted octanol–water partition coefficient (Wildman–Crippen LogP) is 4.04. The number of hydrogen-bond acceptors (Lipinski definition) is 6. The van der Waals surface area contributed by atoms with Gasteiger partial charge in [-0.2, -0.15) is 0 Å². The number of esters is 1. The van der Waals surface area contributed by atoms with Gasteiger partial charge in [0.25, 0.3) is 0 Å². The fraction of sp³-hybridized carbons (Fsp3) is 0.200. The van der Waals surface area contributed by atoms with Crippen LogP contribution in [0.1, 0.15) is 32.5 Å². The molecule has 0 aliphatic rings. The molecule has 0 aliphatic carbocycles. The van der Waals surface area contributed by atoms with E-state index in [1.165, 1.54) is 18.4 Å². The summed E-state index contributed by atoms with van der Waals surface area (Å²) < 4.78 is 45.1. The number of rotatable bonds is 7. The molecule has 0 saturated heterocycles. The van der Waals surface area contributed by atoms with Crippen molar-refractivity contribution < 1.29 is 32.6 Å². The zero-order chi connectivity index (χ0) is 21.1. The van der Waals surface area contributed by atoms with Gasteiger partial charge in [0.2, 0.25) is 5.91 Å². The van der Waals surface area contributed by atoms with Gasteiger partial charge in [-0.15, -0.1) is 11.3 Å². The average Bonchev–Trinajstić information content (AvgIpc) is 3.06. The molecule has 0 saturated carbocycles. The summed E-state index contributed by atoms with van der Waals surface area (Å²) >= 11 is 1.17. The number of carbonyl (C=O) groups is 2. The number of fused-ring (bicyclic) bond motifs is 1. The maximum Gasteiger partial charge on any atom is 0.348 e. The number of primary amides is 1.